The van der Waals surface area contributed by atoms with E-state index < -0.39 is 5.60 Å². The first-order chi connectivity index (χ1) is 18.5. The first-order valence-corrected chi connectivity index (χ1v) is 13.6. The Morgan fingerprint density at radius 2 is 1.74 bits per heavy atom. The Morgan fingerprint density at radius 1 is 1.00 bits per heavy atom. The largest absolute Gasteiger partial charge is 0.493 e. The third-order valence-corrected chi connectivity index (χ3v) is 7.29. The second-order valence-corrected chi connectivity index (χ2v) is 11.3. The summed E-state index contributed by atoms with van der Waals surface area (Å²) in [6.45, 7) is 10.1. The molecule has 1 N–H and O–H groups in total. The number of aromatic amines is 1. The van der Waals surface area contributed by atoms with Gasteiger partial charge in [-0.05, 0) is 70.5 Å². The lowest BCUT2D eigenvalue weighted by Crippen LogP contribution is -2.24. The molecule has 5 aromatic rings. The van der Waals surface area contributed by atoms with E-state index in [1.165, 1.54) is 0 Å². The molecule has 6 nitrogen and oxygen atoms in total. The Hall–Kier alpha value is -3.77. The maximum Gasteiger partial charge on any atom is 0.355 e. The van der Waals surface area contributed by atoms with Gasteiger partial charge in [-0.2, -0.15) is 5.10 Å². The molecular weight excluding hydrogens is 510 g/mol. The second kappa shape index (κ2) is 10.4. The van der Waals surface area contributed by atoms with Crippen LogP contribution in [0, 0.1) is 13.8 Å². The average molecular weight is 544 g/mol. The van der Waals surface area contributed by atoms with E-state index in [4.69, 9.17) is 21.1 Å². The normalized spacial score (nSPS) is 11.9. The van der Waals surface area contributed by atoms with Crippen molar-refractivity contribution in [3.63, 3.8) is 0 Å². The zero-order valence-corrected chi connectivity index (χ0v) is 24.1. The van der Waals surface area contributed by atoms with Crippen LogP contribution < -0.4 is 4.74 Å². The van der Waals surface area contributed by atoms with Crippen LogP contribution in [0.2, 0.25) is 5.02 Å². The van der Waals surface area contributed by atoms with Gasteiger partial charge in [0.2, 0.25) is 0 Å². The molecular formula is C32H34ClN3O3. The van der Waals surface area contributed by atoms with Gasteiger partial charge in [-0.15, -0.1) is 0 Å². The average Bonchev–Trinajstić information content (AvgIpc) is 3.37. The standard InChI is InChI=1S/C32H34ClN3O3/c1-19-27(20(2)36(6)35-19)28-25(33)17-16-24-23(30(34-29(24)28)31(37)39-32(3,4)5)14-10-18-38-26-15-9-12-21-11-7-8-13-22(21)26/h7-9,11-13,15-17,34H,10,14,18H2,1-6H3. The van der Waals surface area contributed by atoms with Crippen LogP contribution in [-0.2, 0) is 18.2 Å². The van der Waals surface area contributed by atoms with Crippen LogP contribution in [0.1, 0.15) is 54.6 Å². The first kappa shape index (κ1) is 26.8. The SMILES string of the molecule is Cc1nn(C)c(C)c1-c1c(Cl)ccc2c(CCCOc3cccc4ccccc34)c(C(=O)OC(C)(C)C)[nH]c12. The van der Waals surface area contributed by atoms with Crippen LogP contribution in [0.3, 0.4) is 0 Å². The molecule has 39 heavy (non-hydrogen) atoms. The number of carbonyl (C=O) groups is 1. The van der Waals surface area contributed by atoms with Crippen LogP contribution >= 0.6 is 11.6 Å². The topological polar surface area (TPSA) is 69.1 Å². The number of aromatic nitrogens is 3. The molecule has 0 atom stereocenters. The summed E-state index contributed by atoms with van der Waals surface area (Å²) in [5.74, 6) is 0.473. The summed E-state index contributed by atoms with van der Waals surface area (Å²) in [6, 6.07) is 18.1. The zero-order valence-electron chi connectivity index (χ0n) is 23.3. The zero-order chi connectivity index (χ0) is 27.9. The molecule has 0 unspecified atom stereocenters. The van der Waals surface area contributed by atoms with E-state index in [0.29, 0.717) is 23.7 Å². The number of nitrogens with one attached hydrogen (secondary N) is 1. The van der Waals surface area contributed by atoms with E-state index in [-0.39, 0.29) is 5.97 Å². The highest BCUT2D eigenvalue weighted by Crippen LogP contribution is 2.40. The van der Waals surface area contributed by atoms with Crippen molar-refractivity contribution in [2.45, 2.75) is 53.1 Å². The second-order valence-electron chi connectivity index (χ2n) is 10.9. The molecule has 0 bridgehead atoms. The Labute approximate surface area is 233 Å². The number of rotatable bonds is 7. The van der Waals surface area contributed by atoms with Crippen LogP contribution in [0.25, 0.3) is 32.8 Å². The van der Waals surface area contributed by atoms with E-state index in [1.54, 1.807) is 0 Å². The van der Waals surface area contributed by atoms with E-state index >= 15 is 0 Å². The fourth-order valence-electron chi connectivity index (χ4n) is 5.19. The number of carbonyl (C=O) groups excluding carboxylic acids is 1. The van der Waals surface area contributed by atoms with Gasteiger partial charge in [0.05, 0.1) is 22.8 Å². The number of benzene rings is 3. The molecule has 0 amide bonds. The van der Waals surface area contributed by atoms with Crippen LogP contribution in [0.4, 0.5) is 0 Å². The van der Waals surface area contributed by atoms with Crippen molar-refractivity contribution in [1.29, 1.82) is 0 Å². The highest BCUT2D eigenvalue weighted by Gasteiger charge is 2.27. The van der Waals surface area contributed by atoms with E-state index in [9.17, 15) is 4.79 Å². The van der Waals surface area contributed by atoms with Crippen LogP contribution in [0.5, 0.6) is 5.75 Å². The fourth-order valence-corrected chi connectivity index (χ4v) is 5.44. The van der Waals surface area contributed by atoms with Crippen molar-refractivity contribution in [1.82, 2.24) is 14.8 Å². The summed E-state index contributed by atoms with van der Waals surface area (Å²) in [7, 11) is 1.92. The van der Waals surface area contributed by atoms with Crippen LogP contribution in [-0.4, -0.2) is 32.9 Å². The molecule has 3 aromatic carbocycles. The molecule has 0 fully saturated rings. The van der Waals surface area contributed by atoms with Crippen molar-refractivity contribution in [3.8, 4) is 16.9 Å². The predicted octanol–water partition coefficient (Wildman–Crippen LogP) is 7.96. The number of ether oxygens (including phenoxy) is 2. The lowest BCUT2D eigenvalue weighted by atomic mass is 9.98. The van der Waals surface area contributed by atoms with Crippen molar-refractivity contribution in [2.24, 2.45) is 7.05 Å². The maximum absolute atomic E-state index is 13.4. The third kappa shape index (κ3) is 5.26. The number of H-pyrrole nitrogens is 1. The Balaban J connectivity index is 1.51. The number of fused-ring (bicyclic) bond motifs is 2. The molecule has 2 aromatic heterocycles. The monoisotopic (exact) mass is 543 g/mol. The van der Waals surface area contributed by atoms with Gasteiger partial charge in [0.15, 0.2) is 0 Å². The minimum atomic E-state index is -0.625. The van der Waals surface area contributed by atoms with Crippen molar-refractivity contribution < 1.29 is 14.3 Å². The Bertz CT molecular complexity index is 1690. The van der Waals surface area contributed by atoms with Gasteiger partial charge in [0.1, 0.15) is 17.0 Å². The summed E-state index contributed by atoms with van der Waals surface area (Å²) in [5.41, 5.74) is 5.23. The predicted molar refractivity (Wildman–Crippen MR) is 158 cm³/mol. The molecule has 2 heterocycles. The molecule has 0 aliphatic heterocycles. The number of hydrogen-bond acceptors (Lipinski definition) is 4. The van der Waals surface area contributed by atoms with Gasteiger partial charge in [-0.25, -0.2) is 4.79 Å². The minimum absolute atomic E-state index is 0.384. The van der Waals surface area contributed by atoms with E-state index in [0.717, 1.165) is 61.9 Å². The maximum atomic E-state index is 13.4. The molecule has 7 heteroatoms. The lowest BCUT2D eigenvalue weighted by Gasteiger charge is -2.19. The number of nitrogens with zero attached hydrogens (tertiary/aromatic N) is 2. The fraction of sp³-hybridized carbons (Fsp3) is 0.312. The summed E-state index contributed by atoms with van der Waals surface area (Å²) in [5, 5.41) is 8.37. The van der Waals surface area contributed by atoms with E-state index in [1.807, 2.05) is 82.7 Å². The molecule has 0 saturated carbocycles. The first-order valence-electron chi connectivity index (χ1n) is 13.2. The molecule has 0 aliphatic carbocycles. The summed E-state index contributed by atoms with van der Waals surface area (Å²) in [6.07, 6.45) is 1.35. The van der Waals surface area contributed by atoms with Gasteiger partial charge in [-0.3, -0.25) is 4.68 Å². The summed E-state index contributed by atoms with van der Waals surface area (Å²) in [4.78, 5) is 16.8. The van der Waals surface area contributed by atoms with E-state index in [2.05, 4.69) is 28.3 Å². The summed E-state index contributed by atoms with van der Waals surface area (Å²) >= 11 is 6.79. The molecule has 202 valence electrons. The van der Waals surface area contributed by atoms with Gasteiger partial charge in [0.25, 0.3) is 0 Å². The highest BCUT2D eigenvalue weighted by atomic mass is 35.5. The van der Waals surface area contributed by atoms with Gasteiger partial charge in [0, 0.05) is 34.6 Å². The minimum Gasteiger partial charge on any atom is -0.493 e. The summed E-state index contributed by atoms with van der Waals surface area (Å²) < 4.78 is 13.8. The molecule has 0 aliphatic rings. The number of esters is 1. The Kier molecular flexibility index (Phi) is 7.17. The lowest BCUT2D eigenvalue weighted by molar-refractivity contribution is 0.00625. The molecule has 5 rings (SSSR count). The molecule has 0 radical (unpaired) electrons. The number of hydrogen-bond donors (Lipinski definition) is 1. The quantitative estimate of drug-likeness (QED) is 0.167. The van der Waals surface area contributed by atoms with Gasteiger partial charge >= 0.3 is 5.97 Å². The van der Waals surface area contributed by atoms with Gasteiger partial charge in [-0.1, -0.05) is 54.1 Å². The number of halogens is 1. The third-order valence-electron chi connectivity index (χ3n) is 6.97. The highest BCUT2D eigenvalue weighted by molar-refractivity contribution is 6.35. The van der Waals surface area contributed by atoms with Crippen molar-refractivity contribution >= 4 is 39.2 Å². The molecule has 0 saturated heterocycles. The number of aryl methyl sites for hydroxylation is 3. The van der Waals surface area contributed by atoms with Crippen molar-refractivity contribution in [2.75, 3.05) is 6.61 Å². The Morgan fingerprint density at radius 3 is 2.46 bits per heavy atom. The van der Waals surface area contributed by atoms with Crippen LogP contribution in [0.15, 0.2) is 54.6 Å². The van der Waals surface area contributed by atoms with Gasteiger partial charge < -0.3 is 14.5 Å². The smallest absolute Gasteiger partial charge is 0.355 e. The molecule has 0 spiro atoms. The van der Waals surface area contributed by atoms with Crippen molar-refractivity contribution in [3.05, 3.63) is 82.3 Å².